The Hall–Kier alpha value is -1.69. The second kappa shape index (κ2) is 7.91. The zero-order chi connectivity index (χ0) is 17.9. The molecule has 6 heteroatoms. The van der Waals surface area contributed by atoms with Crippen LogP contribution in [-0.2, 0) is 4.79 Å². The van der Waals surface area contributed by atoms with Crippen LogP contribution in [0.5, 0.6) is 5.75 Å². The molecule has 1 aromatic heterocycles. The van der Waals surface area contributed by atoms with Crippen molar-refractivity contribution < 1.29 is 9.53 Å². The zero-order valence-electron chi connectivity index (χ0n) is 15.4. The van der Waals surface area contributed by atoms with E-state index in [9.17, 15) is 4.79 Å². The molecule has 4 rings (SSSR count). The summed E-state index contributed by atoms with van der Waals surface area (Å²) in [6, 6.07) is 6.34. The van der Waals surface area contributed by atoms with Crippen molar-refractivity contribution >= 4 is 28.7 Å². The fourth-order valence-electron chi connectivity index (χ4n) is 4.44. The van der Waals surface area contributed by atoms with Crippen molar-refractivity contribution in [3.8, 4) is 5.75 Å². The van der Waals surface area contributed by atoms with Gasteiger partial charge in [0.25, 0.3) is 0 Å². The maximum atomic E-state index is 12.8. The van der Waals surface area contributed by atoms with Crippen LogP contribution < -0.4 is 4.74 Å². The molecule has 2 aliphatic rings. The molecular formula is C20H27N3O2S. The number of aromatic nitrogens is 2. The minimum absolute atomic E-state index is 0.266. The number of amides is 1. The minimum atomic E-state index is 0.266. The number of fused-ring (bicyclic) bond motifs is 2. The molecule has 26 heavy (non-hydrogen) atoms. The van der Waals surface area contributed by atoms with Gasteiger partial charge in [-0.2, -0.15) is 0 Å². The number of nitrogens with one attached hydrogen (secondary N) is 1. The maximum Gasteiger partial charge on any atom is 0.233 e. The molecule has 1 N–H and O–H groups in total. The average molecular weight is 374 g/mol. The van der Waals surface area contributed by atoms with Gasteiger partial charge in [-0.1, -0.05) is 24.6 Å². The lowest BCUT2D eigenvalue weighted by Crippen LogP contribution is -2.50. The van der Waals surface area contributed by atoms with Gasteiger partial charge in [-0.05, 0) is 50.7 Å². The number of imidazole rings is 1. The quantitative estimate of drug-likeness (QED) is 0.797. The van der Waals surface area contributed by atoms with Gasteiger partial charge in [-0.3, -0.25) is 4.79 Å². The van der Waals surface area contributed by atoms with Gasteiger partial charge in [-0.25, -0.2) is 4.98 Å². The van der Waals surface area contributed by atoms with Crippen molar-refractivity contribution in [2.45, 2.75) is 56.6 Å². The number of nitrogens with zero attached hydrogens (tertiary/aromatic N) is 2. The van der Waals surface area contributed by atoms with E-state index in [1.165, 1.54) is 43.9 Å². The molecule has 1 saturated heterocycles. The standard InChI is InChI=1S/C20H27N3O2S/c1-2-25-15-9-10-16-17(12-15)22-20(21-16)26-13-19(24)23-11-5-7-14-6-3-4-8-18(14)23/h9-10,12,14,18H,2-8,11,13H2,1H3,(H,21,22)/t14-,18+/m0/s1. The monoisotopic (exact) mass is 373 g/mol. The van der Waals surface area contributed by atoms with E-state index in [2.05, 4.69) is 14.9 Å². The summed E-state index contributed by atoms with van der Waals surface area (Å²) in [5.41, 5.74) is 1.87. The number of rotatable bonds is 5. The highest BCUT2D eigenvalue weighted by Crippen LogP contribution is 2.35. The molecule has 1 amide bonds. The van der Waals surface area contributed by atoms with E-state index in [0.29, 0.717) is 18.4 Å². The van der Waals surface area contributed by atoms with Crippen LogP contribution in [-0.4, -0.2) is 45.7 Å². The Kier molecular flexibility index (Phi) is 5.38. The normalized spacial score (nSPS) is 23.0. The molecule has 1 saturated carbocycles. The van der Waals surface area contributed by atoms with Gasteiger partial charge in [0.15, 0.2) is 5.16 Å². The van der Waals surface area contributed by atoms with E-state index in [1.54, 1.807) is 0 Å². The van der Waals surface area contributed by atoms with Gasteiger partial charge in [0.2, 0.25) is 5.91 Å². The number of thioether (sulfide) groups is 1. The molecule has 1 aliphatic heterocycles. The second-order valence-corrected chi connectivity index (χ2v) is 8.25. The third kappa shape index (κ3) is 3.70. The summed E-state index contributed by atoms with van der Waals surface area (Å²) in [4.78, 5) is 22.9. The third-order valence-corrected chi connectivity index (χ3v) is 6.50. The molecular weight excluding hydrogens is 346 g/mol. The highest BCUT2D eigenvalue weighted by molar-refractivity contribution is 7.99. The molecule has 2 aromatic rings. The SMILES string of the molecule is CCOc1ccc2nc(SCC(=O)N3CCC[C@@H]4CCCC[C@H]43)[nH]c2c1. The number of hydrogen-bond acceptors (Lipinski definition) is 4. The first-order valence-corrected chi connectivity index (χ1v) is 10.8. The first-order chi connectivity index (χ1) is 12.7. The van der Waals surface area contributed by atoms with Crippen LogP contribution in [0.3, 0.4) is 0 Å². The number of carbonyl (C=O) groups excluding carboxylic acids is 1. The smallest absolute Gasteiger partial charge is 0.233 e. The fourth-order valence-corrected chi connectivity index (χ4v) is 5.21. The van der Waals surface area contributed by atoms with E-state index in [0.717, 1.165) is 40.8 Å². The third-order valence-electron chi connectivity index (χ3n) is 5.64. The molecule has 2 heterocycles. The van der Waals surface area contributed by atoms with Gasteiger partial charge in [0.1, 0.15) is 5.75 Å². The molecule has 1 aromatic carbocycles. The number of hydrogen-bond donors (Lipinski definition) is 1. The van der Waals surface area contributed by atoms with Gasteiger partial charge in [0.05, 0.1) is 23.4 Å². The highest BCUT2D eigenvalue weighted by Gasteiger charge is 2.35. The van der Waals surface area contributed by atoms with Crippen molar-refractivity contribution in [2.75, 3.05) is 18.9 Å². The maximum absolute atomic E-state index is 12.8. The first kappa shape index (κ1) is 17.7. The van der Waals surface area contributed by atoms with Gasteiger partial charge < -0.3 is 14.6 Å². The Bertz CT molecular complexity index is 774. The van der Waals surface area contributed by atoms with Crippen LogP contribution in [0.2, 0.25) is 0 Å². The molecule has 5 nitrogen and oxygen atoms in total. The summed E-state index contributed by atoms with van der Waals surface area (Å²) in [6.07, 6.45) is 7.54. The number of benzene rings is 1. The molecule has 2 atom stereocenters. The van der Waals surface area contributed by atoms with Crippen LogP contribution in [0.15, 0.2) is 23.4 Å². The summed E-state index contributed by atoms with van der Waals surface area (Å²) in [6.45, 7) is 3.55. The second-order valence-electron chi connectivity index (χ2n) is 7.28. The lowest BCUT2D eigenvalue weighted by Gasteiger charge is -2.44. The number of aromatic amines is 1. The van der Waals surface area contributed by atoms with E-state index in [4.69, 9.17) is 4.74 Å². The number of ether oxygens (including phenoxy) is 1. The summed E-state index contributed by atoms with van der Waals surface area (Å²) in [7, 11) is 0. The Balaban J connectivity index is 1.40. The summed E-state index contributed by atoms with van der Waals surface area (Å²) >= 11 is 1.51. The minimum Gasteiger partial charge on any atom is -0.494 e. The van der Waals surface area contributed by atoms with Crippen LogP contribution in [0.1, 0.15) is 45.4 Å². The molecule has 0 bridgehead atoms. The Labute approximate surface area is 158 Å². The predicted molar refractivity (Wildman–Crippen MR) is 105 cm³/mol. The van der Waals surface area contributed by atoms with Crippen LogP contribution in [0.4, 0.5) is 0 Å². The van der Waals surface area contributed by atoms with Crippen molar-refractivity contribution in [1.82, 2.24) is 14.9 Å². The van der Waals surface area contributed by atoms with E-state index < -0.39 is 0 Å². The first-order valence-electron chi connectivity index (χ1n) is 9.79. The predicted octanol–water partition coefficient (Wildman–Crippen LogP) is 4.23. The molecule has 0 radical (unpaired) electrons. The van der Waals surface area contributed by atoms with Gasteiger partial charge in [0, 0.05) is 18.7 Å². The number of piperidine rings is 1. The fraction of sp³-hybridized carbons (Fsp3) is 0.600. The molecule has 0 unspecified atom stereocenters. The van der Waals surface area contributed by atoms with Crippen LogP contribution >= 0.6 is 11.8 Å². The van der Waals surface area contributed by atoms with Crippen molar-refractivity contribution in [1.29, 1.82) is 0 Å². The Morgan fingerprint density at radius 1 is 1.31 bits per heavy atom. The molecule has 2 fully saturated rings. The van der Waals surface area contributed by atoms with Crippen molar-refractivity contribution in [2.24, 2.45) is 5.92 Å². The highest BCUT2D eigenvalue weighted by atomic mass is 32.2. The lowest BCUT2D eigenvalue weighted by molar-refractivity contribution is -0.134. The molecule has 1 aliphatic carbocycles. The number of likely N-dealkylation sites (tertiary alicyclic amines) is 1. The summed E-state index contributed by atoms with van der Waals surface area (Å²) in [5, 5.41) is 0.805. The van der Waals surface area contributed by atoms with E-state index in [1.807, 2.05) is 25.1 Å². The zero-order valence-corrected chi connectivity index (χ0v) is 16.2. The largest absolute Gasteiger partial charge is 0.494 e. The van der Waals surface area contributed by atoms with Crippen molar-refractivity contribution in [3.63, 3.8) is 0 Å². The lowest BCUT2D eigenvalue weighted by atomic mass is 9.78. The Morgan fingerprint density at radius 2 is 2.15 bits per heavy atom. The Morgan fingerprint density at radius 3 is 3.04 bits per heavy atom. The van der Waals surface area contributed by atoms with Gasteiger partial charge >= 0.3 is 0 Å². The van der Waals surface area contributed by atoms with Crippen LogP contribution in [0.25, 0.3) is 11.0 Å². The summed E-state index contributed by atoms with van der Waals surface area (Å²) < 4.78 is 5.54. The number of carbonyl (C=O) groups is 1. The average Bonchev–Trinajstić information content (AvgIpc) is 3.08. The molecule has 140 valence electrons. The van der Waals surface area contributed by atoms with E-state index in [-0.39, 0.29) is 5.91 Å². The van der Waals surface area contributed by atoms with Crippen molar-refractivity contribution in [3.05, 3.63) is 18.2 Å². The van der Waals surface area contributed by atoms with Gasteiger partial charge in [-0.15, -0.1) is 0 Å². The summed E-state index contributed by atoms with van der Waals surface area (Å²) in [5.74, 6) is 2.30. The number of H-pyrrole nitrogens is 1. The van der Waals surface area contributed by atoms with Crippen LogP contribution in [0, 0.1) is 5.92 Å². The topological polar surface area (TPSA) is 58.2 Å². The van der Waals surface area contributed by atoms with E-state index >= 15 is 0 Å². The molecule has 0 spiro atoms.